The van der Waals surface area contributed by atoms with Crippen LogP contribution in [0.2, 0.25) is 5.02 Å². The molecule has 2 aliphatic heterocycles. The molecule has 2 amide bonds. The predicted octanol–water partition coefficient (Wildman–Crippen LogP) is 4.79. The van der Waals surface area contributed by atoms with Gasteiger partial charge < -0.3 is 19.8 Å². The van der Waals surface area contributed by atoms with Crippen LogP contribution >= 0.6 is 11.6 Å². The van der Waals surface area contributed by atoms with Crippen LogP contribution in [-0.4, -0.2) is 67.0 Å². The molecule has 1 unspecified atom stereocenters. The van der Waals surface area contributed by atoms with Crippen LogP contribution in [0.1, 0.15) is 54.4 Å². The summed E-state index contributed by atoms with van der Waals surface area (Å²) >= 11 is 6.45. The second-order valence-electron chi connectivity index (χ2n) is 11.2. The van der Waals surface area contributed by atoms with Crippen molar-refractivity contribution < 1.29 is 14.7 Å². The van der Waals surface area contributed by atoms with Gasteiger partial charge in [-0.3, -0.25) is 9.59 Å². The Bertz CT molecular complexity index is 1120. The summed E-state index contributed by atoms with van der Waals surface area (Å²) in [6, 6.07) is 15.2. The number of carbonyl (C=O) groups excluding carboxylic acids is 2. The molecule has 6 nitrogen and oxygen atoms in total. The number of anilines is 1. The second-order valence-corrected chi connectivity index (χ2v) is 11.6. The van der Waals surface area contributed by atoms with Gasteiger partial charge in [-0.15, -0.1) is 0 Å². The number of nitrogens with zero attached hydrogens (tertiary/aromatic N) is 3. The van der Waals surface area contributed by atoms with E-state index >= 15 is 0 Å². The minimum absolute atomic E-state index is 0.0352. The maximum absolute atomic E-state index is 13.6. The predicted molar refractivity (Wildman–Crippen MR) is 147 cm³/mol. The fourth-order valence-electron chi connectivity index (χ4n) is 6.29. The molecule has 2 aromatic rings. The lowest BCUT2D eigenvalue weighted by atomic mass is 9.78. The van der Waals surface area contributed by atoms with Crippen molar-refractivity contribution in [3.63, 3.8) is 0 Å². The van der Waals surface area contributed by atoms with Crippen LogP contribution in [0.15, 0.2) is 48.5 Å². The fourth-order valence-corrected chi connectivity index (χ4v) is 6.54. The Morgan fingerprint density at radius 3 is 2.03 bits per heavy atom. The summed E-state index contributed by atoms with van der Waals surface area (Å²) in [5.41, 5.74) is 0.955. The highest BCUT2D eigenvalue weighted by Gasteiger charge is 2.52. The van der Waals surface area contributed by atoms with Gasteiger partial charge in [0, 0.05) is 51.9 Å². The number of benzene rings is 2. The molecule has 0 radical (unpaired) electrons. The minimum atomic E-state index is -1.38. The number of piperidine rings is 2. The highest BCUT2D eigenvalue weighted by molar-refractivity contribution is 6.34. The van der Waals surface area contributed by atoms with E-state index in [1.54, 1.807) is 19.0 Å². The van der Waals surface area contributed by atoms with Crippen LogP contribution < -0.4 is 4.90 Å². The van der Waals surface area contributed by atoms with Gasteiger partial charge in [-0.05, 0) is 74.1 Å². The highest BCUT2D eigenvalue weighted by Crippen LogP contribution is 2.47. The molecule has 0 bridgehead atoms. The molecule has 198 valence electrons. The van der Waals surface area contributed by atoms with E-state index in [9.17, 15) is 14.7 Å². The van der Waals surface area contributed by atoms with E-state index in [1.165, 1.54) is 0 Å². The van der Waals surface area contributed by atoms with Crippen LogP contribution in [0.25, 0.3) is 0 Å². The third kappa shape index (κ3) is 5.23. The Hall–Kier alpha value is -2.57. The lowest BCUT2D eigenvalue weighted by Crippen LogP contribution is -2.51. The molecule has 3 aliphatic rings. The Morgan fingerprint density at radius 2 is 1.49 bits per heavy atom. The fraction of sp³-hybridized carbons (Fsp3) is 0.533. The van der Waals surface area contributed by atoms with Crippen molar-refractivity contribution in [1.82, 2.24) is 9.80 Å². The molecule has 2 aromatic carbocycles. The van der Waals surface area contributed by atoms with Crippen LogP contribution in [0, 0.1) is 17.8 Å². The first kappa shape index (κ1) is 26.1. The van der Waals surface area contributed by atoms with Crippen LogP contribution in [-0.2, 0) is 10.4 Å². The van der Waals surface area contributed by atoms with E-state index in [0.29, 0.717) is 22.4 Å². The van der Waals surface area contributed by atoms with E-state index in [0.717, 1.165) is 76.0 Å². The zero-order chi connectivity index (χ0) is 26.2. The van der Waals surface area contributed by atoms with Crippen molar-refractivity contribution in [2.75, 3.05) is 45.2 Å². The zero-order valence-electron chi connectivity index (χ0n) is 21.9. The standard InChI is InChI=1S/C30H38ClN3O3/c1-32(2)28(35)26-11-10-25(20-27(26)31)33-16-12-21(13-17-33)22-14-18-34(19-15-22)29(36)30(37,24-8-9-24)23-6-4-3-5-7-23/h3-7,10-11,20-22,24,37H,8-9,12-19H2,1-2H3. The van der Waals surface area contributed by atoms with Gasteiger partial charge in [-0.25, -0.2) is 0 Å². The van der Waals surface area contributed by atoms with E-state index in [2.05, 4.69) is 4.90 Å². The summed E-state index contributed by atoms with van der Waals surface area (Å²) < 4.78 is 0. The molecule has 5 rings (SSSR count). The largest absolute Gasteiger partial charge is 0.375 e. The molecule has 1 atom stereocenters. The molecule has 2 heterocycles. The summed E-state index contributed by atoms with van der Waals surface area (Å²) in [6.45, 7) is 3.39. The molecule has 3 fully saturated rings. The van der Waals surface area contributed by atoms with Crippen molar-refractivity contribution in [2.24, 2.45) is 17.8 Å². The van der Waals surface area contributed by atoms with Gasteiger partial charge in [-0.1, -0.05) is 41.9 Å². The first-order valence-corrected chi connectivity index (χ1v) is 14.0. The van der Waals surface area contributed by atoms with Crippen LogP contribution in [0.3, 0.4) is 0 Å². The first-order valence-electron chi connectivity index (χ1n) is 13.6. The van der Waals surface area contributed by atoms with E-state index in [1.807, 2.05) is 53.4 Å². The molecular weight excluding hydrogens is 486 g/mol. The number of rotatable bonds is 6. The third-order valence-corrected chi connectivity index (χ3v) is 9.01. The molecular formula is C30H38ClN3O3. The normalized spacial score (nSPS) is 21.0. The van der Waals surface area contributed by atoms with Crippen molar-refractivity contribution >= 4 is 29.1 Å². The van der Waals surface area contributed by atoms with Gasteiger partial charge >= 0.3 is 0 Å². The van der Waals surface area contributed by atoms with E-state index < -0.39 is 5.60 Å². The van der Waals surface area contributed by atoms with Gasteiger partial charge in [0.2, 0.25) is 0 Å². The lowest BCUT2D eigenvalue weighted by molar-refractivity contribution is -0.157. The summed E-state index contributed by atoms with van der Waals surface area (Å²) in [5, 5.41) is 12.1. The average molecular weight is 524 g/mol. The zero-order valence-corrected chi connectivity index (χ0v) is 22.7. The molecule has 2 saturated heterocycles. The number of halogens is 1. The van der Waals surface area contributed by atoms with Gasteiger partial charge in [0.15, 0.2) is 5.60 Å². The Kier molecular flexibility index (Phi) is 7.51. The molecule has 37 heavy (non-hydrogen) atoms. The number of amides is 2. The topological polar surface area (TPSA) is 64.1 Å². The summed E-state index contributed by atoms with van der Waals surface area (Å²) in [6.07, 6.45) is 6.05. The number of aliphatic hydroxyl groups is 1. The van der Waals surface area contributed by atoms with Gasteiger partial charge in [0.25, 0.3) is 11.8 Å². The average Bonchev–Trinajstić information content (AvgIpc) is 3.79. The van der Waals surface area contributed by atoms with E-state index in [-0.39, 0.29) is 17.7 Å². The summed E-state index contributed by atoms with van der Waals surface area (Å²) in [5.74, 6) is 1.10. The van der Waals surface area contributed by atoms with Gasteiger partial charge in [0.05, 0.1) is 10.6 Å². The summed E-state index contributed by atoms with van der Waals surface area (Å²) in [4.78, 5) is 31.7. The monoisotopic (exact) mass is 523 g/mol. The third-order valence-electron chi connectivity index (χ3n) is 8.70. The maximum Gasteiger partial charge on any atom is 0.259 e. The molecule has 0 aromatic heterocycles. The molecule has 1 N–H and O–H groups in total. The Balaban J connectivity index is 1.15. The van der Waals surface area contributed by atoms with Crippen molar-refractivity contribution in [3.05, 3.63) is 64.7 Å². The Labute approximate surface area is 225 Å². The smallest absolute Gasteiger partial charge is 0.259 e. The highest BCUT2D eigenvalue weighted by atomic mass is 35.5. The van der Waals surface area contributed by atoms with Crippen molar-refractivity contribution in [3.8, 4) is 0 Å². The molecule has 1 aliphatic carbocycles. The molecule has 7 heteroatoms. The minimum Gasteiger partial charge on any atom is -0.375 e. The van der Waals surface area contributed by atoms with Gasteiger partial charge in [0.1, 0.15) is 0 Å². The van der Waals surface area contributed by atoms with Crippen molar-refractivity contribution in [2.45, 2.75) is 44.1 Å². The maximum atomic E-state index is 13.6. The molecule has 1 saturated carbocycles. The van der Waals surface area contributed by atoms with Gasteiger partial charge in [-0.2, -0.15) is 0 Å². The van der Waals surface area contributed by atoms with E-state index in [4.69, 9.17) is 11.6 Å². The summed E-state index contributed by atoms with van der Waals surface area (Å²) in [7, 11) is 3.46. The van der Waals surface area contributed by atoms with Crippen LogP contribution in [0.5, 0.6) is 0 Å². The van der Waals surface area contributed by atoms with Crippen LogP contribution in [0.4, 0.5) is 5.69 Å². The number of likely N-dealkylation sites (tertiary alicyclic amines) is 1. The number of carbonyl (C=O) groups is 2. The lowest BCUT2D eigenvalue weighted by Gasteiger charge is -2.42. The molecule has 0 spiro atoms. The Morgan fingerprint density at radius 1 is 0.892 bits per heavy atom. The van der Waals surface area contributed by atoms with Crippen molar-refractivity contribution in [1.29, 1.82) is 0 Å². The second kappa shape index (κ2) is 10.7. The number of hydrogen-bond acceptors (Lipinski definition) is 4. The quantitative estimate of drug-likeness (QED) is 0.591. The number of hydrogen-bond donors (Lipinski definition) is 1. The first-order chi connectivity index (χ1) is 17.8. The SMILES string of the molecule is CN(C)C(=O)c1ccc(N2CCC(C3CCN(C(=O)C(O)(c4ccccc4)C4CC4)CC3)CC2)cc1Cl.